The van der Waals surface area contributed by atoms with Crippen molar-refractivity contribution in [3.05, 3.63) is 30.2 Å². The summed E-state index contributed by atoms with van der Waals surface area (Å²) in [5.41, 5.74) is 1.46. The third-order valence-electron chi connectivity index (χ3n) is 3.10. The van der Waals surface area contributed by atoms with Gasteiger partial charge in [-0.25, -0.2) is 4.79 Å². The molecule has 0 fully saturated rings. The summed E-state index contributed by atoms with van der Waals surface area (Å²) >= 11 is 0. The summed E-state index contributed by atoms with van der Waals surface area (Å²) in [6.07, 6.45) is 1.21. The van der Waals surface area contributed by atoms with Crippen LogP contribution in [0.15, 0.2) is 28.7 Å². The highest BCUT2D eigenvalue weighted by molar-refractivity contribution is 5.89. The van der Waals surface area contributed by atoms with Gasteiger partial charge in [-0.2, -0.15) is 0 Å². The van der Waals surface area contributed by atoms with Crippen molar-refractivity contribution in [1.29, 1.82) is 0 Å². The van der Waals surface area contributed by atoms with Gasteiger partial charge >= 0.3 is 6.03 Å². The van der Waals surface area contributed by atoms with Gasteiger partial charge in [0, 0.05) is 30.3 Å². The van der Waals surface area contributed by atoms with E-state index in [1.165, 1.54) is 0 Å². The summed E-state index contributed by atoms with van der Waals surface area (Å²) in [6.45, 7) is 3.82. The minimum atomic E-state index is -0.306. The standard InChI is InChI=1S/C15H20N4O3/c1-3-13-18-19-14(22-13)11-4-6-12(7-5-11)17-15(21)16-10(2)8-9-20/h4-7,10,20H,3,8-9H2,1-2H3,(H2,16,17,21)/t10-/m1/s1. The molecule has 0 spiro atoms. The van der Waals surface area contributed by atoms with Gasteiger partial charge in [0.25, 0.3) is 0 Å². The molecule has 0 aliphatic heterocycles. The molecule has 7 heteroatoms. The Labute approximate surface area is 128 Å². The maximum Gasteiger partial charge on any atom is 0.319 e. The minimum Gasteiger partial charge on any atom is -0.421 e. The summed E-state index contributed by atoms with van der Waals surface area (Å²) in [5.74, 6) is 1.05. The molecule has 1 aromatic heterocycles. The van der Waals surface area contributed by atoms with Crippen LogP contribution >= 0.6 is 0 Å². The summed E-state index contributed by atoms with van der Waals surface area (Å²) in [5, 5.41) is 22.2. The second kappa shape index (κ2) is 7.56. The normalized spacial score (nSPS) is 12.0. The molecule has 2 aromatic rings. The molecule has 2 amide bonds. The van der Waals surface area contributed by atoms with Crippen LogP contribution in [-0.2, 0) is 6.42 Å². The third kappa shape index (κ3) is 4.29. The number of carbonyl (C=O) groups excluding carboxylic acids is 1. The molecule has 0 radical (unpaired) electrons. The number of nitrogens with zero attached hydrogens (tertiary/aromatic N) is 2. The third-order valence-corrected chi connectivity index (χ3v) is 3.10. The first-order valence-electron chi connectivity index (χ1n) is 7.23. The van der Waals surface area contributed by atoms with Gasteiger partial charge in [0.2, 0.25) is 11.8 Å². The number of hydrogen-bond donors (Lipinski definition) is 3. The Balaban J connectivity index is 1.95. The number of urea groups is 1. The first-order chi connectivity index (χ1) is 10.6. The van der Waals surface area contributed by atoms with E-state index in [4.69, 9.17) is 9.52 Å². The lowest BCUT2D eigenvalue weighted by molar-refractivity contribution is 0.241. The van der Waals surface area contributed by atoms with Gasteiger partial charge in [-0.05, 0) is 37.6 Å². The smallest absolute Gasteiger partial charge is 0.319 e. The summed E-state index contributed by atoms with van der Waals surface area (Å²) in [7, 11) is 0. The number of aliphatic hydroxyl groups is 1. The molecule has 0 saturated carbocycles. The Bertz CT molecular complexity index is 610. The van der Waals surface area contributed by atoms with Crippen molar-refractivity contribution in [2.24, 2.45) is 0 Å². The summed E-state index contributed by atoms with van der Waals surface area (Å²) in [6, 6.07) is 6.75. The molecule has 1 atom stereocenters. The van der Waals surface area contributed by atoms with Crippen molar-refractivity contribution in [3.8, 4) is 11.5 Å². The van der Waals surface area contributed by atoms with Gasteiger partial charge < -0.3 is 20.2 Å². The number of nitrogens with one attached hydrogen (secondary N) is 2. The van der Waals surface area contributed by atoms with E-state index in [0.29, 0.717) is 30.3 Å². The molecule has 0 bridgehead atoms. The van der Waals surface area contributed by atoms with E-state index in [1.807, 2.05) is 13.8 Å². The number of carbonyl (C=O) groups is 1. The average molecular weight is 304 g/mol. The van der Waals surface area contributed by atoms with Crippen LogP contribution in [0.5, 0.6) is 0 Å². The van der Waals surface area contributed by atoms with Crippen molar-refractivity contribution in [2.45, 2.75) is 32.7 Å². The Morgan fingerprint density at radius 1 is 1.32 bits per heavy atom. The lowest BCUT2D eigenvalue weighted by Gasteiger charge is -2.13. The van der Waals surface area contributed by atoms with E-state index in [2.05, 4.69) is 20.8 Å². The molecule has 0 unspecified atom stereocenters. The van der Waals surface area contributed by atoms with Crippen LogP contribution in [0.2, 0.25) is 0 Å². The first-order valence-corrected chi connectivity index (χ1v) is 7.23. The SMILES string of the molecule is CCc1nnc(-c2ccc(NC(=O)N[C@H](C)CCO)cc2)o1. The molecule has 22 heavy (non-hydrogen) atoms. The molecule has 2 rings (SSSR count). The van der Waals surface area contributed by atoms with Gasteiger partial charge in [-0.1, -0.05) is 6.92 Å². The zero-order valence-corrected chi connectivity index (χ0v) is 12.7. The highest BCUT2D eigenvalue weighted by Gasteiger charge is 2.09. The van der Waals surface area contributed by atoms with Gasteiger partial charge in [-0.3, -0.25) is 0 Å². The number of amides is 2. The molecule has 7 nitrogen and oxygen atoms in total. The van der Waals surface area contributed by atoms with E-state index >= 15 is 0 Å². The van der Waals surface area contributed by atoms with E-state index < -0.39 is 0 Å². The fourth-order valence-corrected chi connectivity index (χ4v) is 1.87. The van der Waals surface area contributed by atoms with Gasteiger partial charge in [0.05, 0.1) is 0 Å². The maximum atomic E-state index is 11.8. The zero-order valence-electron chi connectivity index (χ0n) is 12.7. The molecular weight excluding hydrogens is 284 g/mol. The van der Waals surface area contributed by atoms with Crippen LogP contribution in [-0.4, -0.2) is 34.0 Å². The van der Waals surface area contributed by atoms with Crippen LogP contribution < -0.4 is 10.6 Å². The van der Waals surface area contributed by atoms with Gasteiger partial charge in [-0.15, -0.1) is 10.2 Å². The van der Waals surface area contributed by atoms with E-state index in [1.54, 1.807) is 24.3 Å². The van der Waals surface area contributed by atoms with Crippen molar-refractivity contribution in [1.82, 2.24) is 15.5 Å². The molecule has 0 aliphatic carbocycles. The van der Waals surface area contributed by atoms with Crippen LogP contribution in [0.4, 0.5) is 10.5 Å². The Morgan fingerprint density at radius 2 is 2.05 bits per heavy atom. The number of benzene rings is 1. The predicted octanol–water partition coefficient (Wildman–Crippen LogP) is 2.19. The average Bonchev–Trinajstić information content (AvgIpc) is 2.97. The summed E-state index contributed by atoms with van der Waals surface area (Å²) in [4.78, 5) is 11.8. The molecule has 1 aromatic carbocycles. The Kier molecular flexibility index (Phi) is 5.48. The van der Waals surface area contributed by atoms with Crippen molar-refractivity contribution >= 4 is 11.7 Å². The molecule has 118 valence electrons. The molecular formula is C15H20N4O3. The zero-order chi connectivity index (χ0) is 15.9. The molecule has 1 heterocycles. The topological polar surface area (TPSA) is 100 Å². The maximum absolute atomic E-state index is 11.8. The monoisotopic (exact) mass is 304 g/mol. The predicted molar refractivity (Wildman–Crippen MR) is 82.4 cm³/mol. The number of aliphatic hydroxyl groups excluding tert-OH is 1. The number of anilines is 1. The molecule has 0 aliphatic rings. The van der Waals surface area contributed by atoms with E-state index in [0.717, 1.165) is 5.56 Å². The second-order valence-electron chi connectivity index (χ2n) is 4.94. The fraction of sp³-hybridized carbons (Fsp3) is 0.400. The van der Waals surface area contributed by atoms with Gasteiger partial charge in [0.1, 0.15) is 0 Å². The highest BCUT2D eigenvalue weighted by atomic mass is 16.4. The van der Waals surface area contributed by atoms with Crippen molar-refractivity contribution in [3.63, 3.8) is 0 Å². The number of aryl methyl sites for hydroxylation is 1. The van der Waals surface area contributed by atoms with Crippen LogP contribution in [0.3, 0.4) is 0 Å². The quantitative estimate of drug-likeness (QED) is 0.759. The second-order valence-corrected chi connectivity index (χ2v) is 4.94. The number of aromatic nitrogens is 2. The van der Waals surface area contributed by atoms with Crippen LogP contribution in [0, 0.1) is 0 Å². The molecule has 3 N–H and O–H groups in total. The summed E-state index contributed by atoms with van der Waals surface area (Å²) < 4.78 is 5.47. The lowest BCUT2D eigenvalue weighted by Crippen LogP contribution is -2.36. The first kappa shape index (κ1) is 16.0. The Morgan fingerprint density at radius 3 is 2.64 bits per heavy atom. The van der Waals surface area contributed by atoms with Gasteiger partial charge in [0.15, 0.2) is 0 Å². The highest BCUT2D eigenvalue weighted by Crippen LogP contribution is 2.20. The van der Waals surface area contributed by atoms with E-state index in [-0.39, 0.29) is 18.7 Å². The van der Waals surface area contributed by atoms with Crippen LogP contribution in [0.25, 0.3) is 11.5 Å². The molecule has 0 saturated heterocycles. The van der Waals surface area contributed by atoms with Crippen molar-refractivity contribution in [2.75, 3.05) is 11.9 Å². The minimum absolute atomic E-state index is 0.0417. The van der Waals surface area contributed by atoms with Crippen LogP contribution in [0.1, 0.15) is 26.2 Å². The number of rotatable bonds is 6. The lowest BCUT2D eigenvalue weighted by atomic mass is 10.2. The van der Waals surface area contributed by atoms with E-state index in [9.17, 15) is 4.79 Å². The fourth-order valence-electron chi connectivity index (χ4n) is 1.87. The number of hydrogen-bond acceptors (Lipinski definition) is 5. The Hall–Kier alpha value is -2.41. The van der Waals surface area contributed by atoms with Crippen molar-refractivity contribution < 1.29 is 14.3 Å². The largest absolute Gasteiger partial charge is 0.421 e.